The Labute approximate surface area is 126 Å². The summed E-state index contributed by atoms with van der Waals surface area (Å²) in [7, 11) is -1.46. The Hall–Kier alpha value is -0.430. The first-order valence-corrected chi connectivity index (χ1v) is 9.70. The van der Waals surface area contributed by atoms with Gasteiger partial charge in [0.05, 0.1) is 0 Å². The van der Waals surface area contributed by atoms with Crippen molar-refractivity contribution in [2.24, 2.45) is 5.92 Å². The summed E-state index contributed by atoms with van der Waals surface area (Å²) < 4.78 is 27.4. The molecule has 0 radical (unpaired) electrons. The molecule has 2 rings (SSSR count). The predicted octanol–water partition coefficient (Wildman–Crippen LogP) is 2.72. The molecular formula is C14H24N2O2S2. The fourth-order valence-corrected chi connectivity index (χ4v) is 5.09. The molecule has 1 aromatic rings. The quantitative estimate of drug-likeness (QED) is 0.725. The number of nitrogens with one attached hydrogen (secondary N) is 2. The van der Waals surface area contributed by atoms with Gasteiger partial charge in [0.15, 0.2) is 0 Å². The van der Waals surface area contributed by atoms with Crippen molar-refractivity contribution in [3.63, 3.8) is 0 Å². The van der Waals surface area contributed by atoms with Crippen molar-refractivity contribution < 1.29 is 8.42 Å². The van der Waals surface area contributed by atoms with Gasteiger partial charge in [-0.05, 0) is 42.8 Å². The van der Waals surface area contributed by atoms with Crippen LogP contribution in [0.5, 0.6) is 0 Å². The molecule has 0 aromatic carbocycles. The fourth-order valence-electron chi connectivity index (χ4n) is 2.76. The van der Waals surface area contributed by atoms with Crippen molar-refractivity contribution in [1.29, 1.82) is 0 Å². The maximum Gasteiger partial charge on any atom is 0.250 e. The van der Waals surface area contributed by atoms with Crippen LogP contribution < -0.4 is 10.0 Å². The normalized spacial score (nSPS) is 16.9. The van der Waals surface area contributed by atoms with Gasteiger partial charge in [-0.1, -0.05) is 25.7 Å². The Bertz CT molecular complexity index is 505. The van der Waals surface area contributed by atoms with E-state index in [1.54, 1.807) is 6.07 Å². The molecule has 0 atom stereocenters. The summed E-state index contributed by atoms with van der Waals surface area (Å²) in [6, 6.07) is 1.75. The first kappa shape index (κ1) is 15.9. The van der Waals surface area contributed by atoms with Crippen LogP contribution in [0.3, 0.4) is 0 Å². The van der Waals surface area contributed by atoms with E-state index in [-0.39, 0.29) is 0 Å². The molecule has 20 heavy (non-hydrogen) atoms. The number of sulfonamides is 1. The second-order valence-corrected chi connectivity index (χ2v) is 8.40. The van der Waals surface area contributed by atoms with Gasteiger partial charge in [0.1, 0.15) is 4.21 Å². The number of thiophene rings is 1. The molecule has 0 amide bonds. The molecule has 4 nitrogen and oxygen atoms in total. The van der Waals surface area contributed by atoms with Gasteiger partial charge in [-0.25, -0.2) is 13.1 Å². The molecule has 0 spiro atoms. The van der Waals surface area contributed by atoms with E-state index in [1.807, 2.05) is 12.4 Å². The highest BCUT2D eigenvalue weighted by Gasteiger charge is 2.17. The smallest absolute Gasteiger partial charge is 0.250 e. The Morgan fingerprint density at radius 1 is 1.35 bits per heavy atom. The molecule has 1 aromatic heterocycles. The molecule has 1 heterocycles. The van der Waals surface area contributed by atoms with Crippen LogP contribution in [0, 0.1) is 5.92 Å². The molecule has 1 aliphatic rings. The Kier molecular flexibility index (Phi) is 6.01. The molecule has 6 heteroatoms. The van der Waals surface area contributed by atoms with E-state index in [1.165, 1.54) is 37.0 Å². The Balaban J connectivity index is 1.77. The van der Waals surface area contributed by atoms with E-state index in [4.69, 9.17) is 0 Å². The summed E-state index contributed by atoms with van der Waals surface area (Å²) in [5.74, 6) is 0.823. The monoisotopic (exact) mass is 316 g/mol. The van der Waals surface area contributed by atoms with Crippen molar-refractivity contribution in [3.8, 4) is 0 Å². The Morgan fingerprint density at radius 2 is 2.10 bits per heavy atom. The number of hydrogen-bond acceptors (Lipinski definition) is 4. The minimum absolute atomic E-state index is 0.420. The molecule has 1 fully saturated rings. The van der Waals surface area contributed by atoms with Crippen LogP contribution in [0.1, 0.15) is 44.1 Å². The number of hydrogen-bond donors (Lipinski definition) is 2. The molecule has 1 saturated carbocycles. The summed E-state index contributed by atoms with van der Waals surface area (Å²) in [6.45, 7) is 1.26. The van der Waals surface area contributed by atoms with Crippen LogP contribution in [0.4, 0.5) is 0 Å². The third-order valence-corrected chi connectivity index (χ3v) is 6.78. The summed E-state index contributed by atoms with van der Waals surface area (Å²) >= 11 is 1.29. The lowest BCUT2D eigenvalue weighted by molar-refractivity contribution is 0.480. The molecule has 1 aliphatic carbocycles. The van der Waals surface area contributed by atoms with E-state index >= 15 is 0 Å². The van der Waals surface area contributed by atoms with Crippen LogP contribution in [0.15, 0.2) is 15.7 Å². The van der Waals surface area contributed by atoms with E-state index < -0.39 is 10.0 Å². The molecule has 114 valence electrons. The van der Waals surface area contributed by atoms with Gasteiger partial charge in [0.2, 0.25) is 10.0 Å². The lowest BCUT2D eigenvalue weighted by Crippen LogP contribution is -2.24. The standard InChI is InChI=1S/C14H24N2O2S2/c1-15-10-13-9-14(19-11-13)20(17,18)16-8-4-7-12-5-2-3-6-12/h9,11-12,15-16H,2-8,10H2,1H3. The van der Waals surface area contributed by atoms with Gasteiger partial charge in [-0.2, -0.15) is 0 Å². The van der Waals surface area contributed by atoms with Crippen LogP contribution in [-0.2, 0) is 16.6 Å². The first-order valence-electron chi connectivity index (χ1n) is 7.33. The minimum Gasteiger partial charge on any atom is -0.316 e. The average Bonchev–Trinajstić information content (AvgIpc) is 3.06. The van der Waals surface area contributed by atoms with Gasteiger partial charge in [0, 0.05) is 13.1 Å². The third-order valence-electron chi connectivity index (χ3n) is 3.83. The van der Waals surface area contributed by atoms with Crippen LogP contribution in [0.25, 0.3) is 0 Å². The third kappa shape index (κ3) is 4.55. The van der Waals surface area contributed by atoms with Crippen LogP contribution >= 0.6 is 11.3 Å². The molecular weight excluding hydrogens is 292 g/mol. The minimum atomic E-state index is -3.31. The lowest BCUT2D eigenvalue weighted by Gasteiger charge is -2.09. The van der Waals surface area contributed by atoms with E-state index in [9.17, 15) is 8.42 Å². The van der Waals surface area contributed by atoms with E-state index in [0.717, 1.165) is 24.3 Å². The summed E-state index contributed by atoms with van der Waals surface area (Å²) in [5, 5.41) is 4.92. The zero-order valence-corrected chi connectivity index (χ0v) is 13.7. The van der Waals surface area contributed by atoms with Gasteiger partial charge in [0.25, 0.3) is 0 Å². The highest BCUT2D eigenvalue weighted by atomic mass is 32.2. The highest BCUT2D eigenvalue weighted by molar-refractivity contribution is 7.91. The zero-order valence-electron chi connectivity index (χ0n) is 12.0. The second-order valence-electron chi connectivity index (χ2n) is 5.49. The molecule has 0 bridgehead atoms. The van der Waals surface area contributed by atoms with Crippen molar-refractivity contribution >= 4 is 21.4 Å². The Morgan fingerprint density at radius 3 is 2.80 bits per heavy atom. The molecule has 0 saturated heterocycles. The highest BCUT2D eigenvalue weighted by Crippen LogP contribution is 2.28. The van der Waals surface area contributed by atoms with Gasteiger partial charge in [-0.15, -0.1) is 11.3 Å². The van der Waals surface area contributed by atoms with Crippen LogP contribution in [-0.4, -0.2) is 22.0 Å². The predicted molar refractivity (Wildman–Crippen MR) is 83.5 cm³/mol. The van der Waals surface area contributed by atoms with E-state index in [0.29, 0.717) is 17.3 Å². The maximum absolute atomic E-state index is 12.1. The average molecular weight is 316 g/mol. The summed E-state index contributed by atoms with van der Waals surface area (Å²) in [5.41, 5.74) is 1.02. The van der Waals surface area contributed by atoms with Crippen molar-refractivity contribution in [2.75, 3.05) is 13.6 Å². The van der Waals surface area contributed by atoms with E-state index in [2.05, 4.69) is 10.0 Å². The SMILES string of the molecule is CNCc1csc(S(=O)(=O)NCCCC2CCCC2)c1. The first-order chi connectivity index (χ1) is 9.62. The molecule has 0 unspecified atom stereocenters. The second kappa shape index (κ2) is 7.54. The van der Waals surface area contributed by atoms with Gasteiger partial charge >= 0.3 is 0 Å². The van der Waals surface area contributed by atoms with Crippen molar-refractivity contribution in [1.82, 2.24) is 10.0 Å². The van der Waals surface area contributed by atoms with Crippen molar-refractivity contribution in [2.45, 2.75) is 49.3 Å². The van der Waals surface area contributed by atoms with Gasteiger partial charge < -0.3 is 5.32 Å². The largest absolute Gasteiger partial charge is 0.316 e. The molecule has 0 aliphatic heterocycles. The van der Waals surface area contributed by atoms with Gasteiger partial charge in [-0.3, -0.25) is 0 Å². The lowest BCUT2D eigenvalue weighted by atomic mass is 10.0. The summed E-state index contributed by atoms with van der Waals surface area (Å²) in [4.78, 5) is 0. The maximum atomic E-state index is 12.1. The fraction of sp³-hybridized carbons (Fsp3) is 0.714. The van der Waals surface area contributed by atoms with Crippen molar-refractivity contribution in [3.05, 3.63) is 17.0 Å². The zero-order chi connectivity index (χ0) is 14.4. The summed E-state index contributed by atoms with van der Waals surface area (Å²) in [6.07, 6.45) is 7.44. The van der Waals surface area contributed by atoms with Crippen LogP contribution in [0.2, 0.25) is 0 Å². The number of rotatable bonds is 8. The molecule has 2 N–H and O–H groups in total. The topological polar surface area (TPSA) is 58.2 Å².